The van der Waals surface area contributed by atoms with Crippen LogP contribution in [0, 0.1) is 11.6 Å². The van der Waals surface area contributed by atoms with Gasteiger partial charge in [0.1, 0.15) is 4.83 Å². The number of nitrogens with one attached hydrogen (secondary N) is 1. The highest BCUT2D eigenvalue weighted by molar-refractivity contribution is 7.21. The molecule has 0 aliphatic carbocycles. The SMILES string of the molecule is O=C(NC[C@H](O)c1ccc(F)c(F)c1)c1cc2c(nc3sccn32)s1. The summed E-state index contributed by atoms with van der Waals surface area (Å²) >= 11 is 2.77. The van der Waals surface area contributed by atoms with Crippen molar-refractivity contribution in [3.63, 3.8) is 0 Å². The van der Waals surface area contributed by atoms with E-state index in [0.717, 1.165) is 27.4 Å². The van der Waals surface area contributed by atoms with Gasteiger partial charge in [0.05, 0.1) is 16.5 Å². The van der Waals surface area contributed by atoms with Gasteiger partial charge in [-0.25, -0.2) is 13.8 Å². The van der Waals surface area contributed by atoms with Crippen LogP contribution in [0.4, 0.5) is 8.78 Å². The van der Waals surface area contributed by atoms with Crippen LogP contribution in [0.2, 0.25) is 0 Å². The maximum Gasteiger partial charge on any atom is 0.261 e. The monoisotopic (exact) mass is 379 g/mol. The van der Waals surface area contributed by atoms with Crippen molar-refractivity contribution < 1.29 is 18.7 Å². The number of aliphatic hydroxyl groups excluding tert-OH is 1. The number of nitrogens with zero attached hydrogens (tertiary/aromatic N) is 2. The van der Waals surface area contributed by atoms with E-state index in [4.69, 9.17) is 0 Å². The van der Waals surface area contributed by atoms with E-state index >= 15 is 0 Å². The molecule has 3 aromatic heterocycles. The first-order chi connectivity index (χ1) is 12.0. The van der Waals surface area contributed by atoms with Crippen LogP contribution in [0.5, 0.6) is 0 Å². The molecule has 2 N–H and O–H groups in total. The Hall–Kier alpha value is -2.36. The van der Waals surface area contributed by atoms with Crippen molar-refractivity contribution in [2.24, 2.45) is 0 Å². The molecule has 128 valence electrons. The molecule has 0 unspecified atom stereocenters. The van der Waals surface area contributed by atoms with Crippen LogP contribution in [0.3, 0.4) is 0 Å². The van der Waals surface area contributed by atoms with E-state index < -0.39 is 17.7 Å². The van der Waals surface area contributed by atoms with E-state index in [1.807, 2.05) is 16.0 Å². The third-order valence-electron chi connectivity index (χ3n) is 3.75. The van der Waals surface area contributed by atoms with E-state index in [2.05, 4.69) is 10.3 Å². The molecule has 0 saturated carbocycles. The minimum Gasteiger partial charge on any atom is -0.387 e. The van der Waals surface area contributed by atoms with Gasteiger partial charge in [0.25, 0.3) is 5.91 Å². The quantitative estimate of drug-likeness (QED) is 0.571. The molecule has 1 aromatic carbocycles. The molecule has 5 nitrogen and oxygen atoms in total. The second-order valence-electron chi connectivity index (χ2n) is 5.37. The summed E-state index contributed by atoms with van der Waals surface area (Å²) in [5.41, 5.74) is 1.05. The molecule has 4 aromatic rings. The minimum absolute atomic E-state index is 0.111. The van der Waals surface area contributed by atoms with Gasteiger partial charge in [0.2, 0.25) is 0 Å². The Morgan fingerprint density at radius 2 is 2.16 bits per heavy atom. The van der Waals surface area contributed by atoms with Gasteiger partial charge >= 0.3 is 0 Å². The van der Waals surface area contributed by atoms with Crippen LogP contribution >= 0.6 is 22.7 Å². The maximum absolute atomic E-state index is 13.2. The highest BCUT2D eigenvalue weighted by atomic mass is 32.1. The van der Waals surface area contributed by atoms with Gasteiger partial charge in [-0.15, -0.1) is 22.7 Å². The van der Waals surface area contributed by atoms with Gasteiger partial charge in [-0.3, -0.25) is 9.20 Å². The predicted molar refractivity (Wildman–Crippen MR) is 92.1 cm³/mol. The number of carbonyl (C=O) groups is 1. The highest BCUT2D eigenvalue weighted by Gasteiger charge is 2.17. The Bertz CT molecular complexity index is 1090. The highest BCUT2D eigenvalue weighted by Crippen LogP contribution is 2.28. The predicted octanol–water partition coefficient (Wildman–Crippen LogP) is 3.35. The normalized spacial score (nSPS) is 12.8. The molecule has 0 aliphatic heterocycles. The van der Waals surface area contributed by atoms with Crippen LogP contribution in [-0.4, -0.2) is 26.9 Å². The van der Waals surface area contributed by atoms with Crippen LogP contribution in [0.25, 0.3) is 15.3 Å². The van der Waals surface area contributed by atoms with E-state index in [9.17, 15) is 18.7 Å². The lowest BCUT2D eigenvalue weighted by Gasteiger charge is -2.12. The summed E-state index contributed by atoms with van der Waals surface area (Å²) in [4.78, 5) is 18.8. The van der Waals surface area contributed by atoms with Crippen molar-refractivity contribution in [1.82, 2.24) is 14.7 Å². The number of hydrogen-bond donors (Lipinski definition) is 2. The molecule has 0 aliphatic rings. The number of amides is 1. The van der Waals surface area contributed by atoms with E-state index in [1.54, 1.807) is 6.07 Å². The maximum atomic E-state index is 13.2. The van der Waals surface area contributed by atoms with Crippen molar-refractivity contribution in [1.29, 1.82) is 0 Å². The molecule has 0 saturated heterocycles. The number of fused-ring (bicyclic) bond motifs is 3. The molecular weight excluding hydrogens is 368 g/mol. The summed E-state index contributed by atoms with van der Waals surface area (Å²) in [7, 11) is 0. The van der Waals surface area contributed by atoms with Crippen molar-refractivity contribution in [3.8, 4) is 0 Å². The molecule has 1 atom stereocenters. The Morgan fingerprint density at radius 1 is 1.32 bits per heavy atom. The molecule has 25 heavy (non-hydrogen) atoms. The van der Waals surface area contributed by atoms with Crippen molar-refractivity contribution in [2.75, 3.05) is 6.54 Å². The van der Waals surface area contributed by atoms with E-state index in [-0.39, 0.29) is 18.0 Å². The lowest BCUT2D eigenvalue weighted by Crippen LogP contribution is -2.27. The number of aromatic nitrogens is 2. The zero-order chi connectivity index (χ0) is 17.6. The number of thiophene rings is 1. The van der Waals surface area contributed by atoms with E-state index in [1.165, 1.54) is 28.7 Å². The second-order valence-corrected chi connectivity index (χ2v) is 7.27. The average Bonchev–Trinajstić information content (AvgIpc) is 3.26. The number of halogens is 2. The molecule has 0 radical (unpaired) electrons. The fourth-order valence-electron chi connectivity index (χ4n) is 2.47. The zero-order valence-corrected chi connectivity index (χ0v) is 14.2. The fourth-order valence-corrected chi connectivity index (χ4v) is 4.19. The largest absolute Gasteiger partial charge is 0.387 e. The van der Waals surface area contributed by atoms with Gasteiger partial charge in [0.15, 0.2) is 16.6 Å². The standard InChI is InChI=1S/C16H11F2N3O2S2/c17-9-2-1-8(5-10(9)18)12(22)7-19-14(23)13-6-11-15(25-13)20-16-21(11)3-4-24-16/h1-6,12,22H,7H2,(H,19,23)/t12-/m0/s1. The first-order valence-corrected chi connectivity index (χ1v) is 8.99. The number of thiazole rings is 1. The van der Waals surface area contributed by atoms with Crippen molar-refractivity contribution in [2.45, 2.75) is 6.10 Å². The van der Waals surface area contributed by atoms with Gasteiger partial charge in [-0.1, -0.05) is 6.07 Å². The Kier molecular flexibility index (Phi) is 3.98. The summed E-state index contributed by atoms with van der Waals surface area (Å²) in [6, 6.07) is 4.88. The lowest BCUT2D eigenvalue weighted by molar-refractivity contribution is 0.0920. The number of carbonyl (C=O) groups excluding carboxylic acids is 1. The molecule has 0 fully saturated rings. The van der Waals surface area contributed by atoms with Crippen LogP contribution in [-0.2, 0) is 0 Å². The first kappa shape index (κ1) is 16.1. The topological polar surface area (TPSA) is 66.6 Å². The Labute approximate surface area is 148 Å². The smallest absolute Gasteiger partial charge is 0.261 e. The van der Waals surface area contributed by atoms with Crippen molar-refractivity contribution >= 4 is 43.9 Å². The van der Waals surface area contributed by atoms with Crippen LogP contribution < -0.4 is 5.32 Å². The fraction of sp³-hybridized carbons (Fsp3) is 0.125. The molecule has 3 heterocycles. The second kappa shape index (κ2) is 6.17. The molecule has 4 rings (SSSR count). The zero-order valence-electron chi connectivity index (χ0n) is 12.6. The molecule has 9 heteroatoms. The van der Waals surface area contributed by atoms with Crippen LogP contribution in [0.15, 0.2) is 35.8 Å². The Morgan fingerprint density at radius 3 is 2.96 bits per heavy atom. The lowest BCUT2D eigenvalue weighted by atomic mass is 10.1. The number of benzene rings is 1. The first-order valence-electron chi connectivity index (χ1n) is 7.29. The average molecular weight is 379 g/mol. The Balaban J connectivity index is 1.47. The number of rotatable bonds is 4. The third-order valence-corrected chi connectivity index (χ3v) is 5.52. The third kappa shape index (κ3) is 2.90. The summed E-state index contributed by atoms with van der Waals surface area (Å²) < 4.78 is 28.0. The number of aliphatic hydroxyl groups is 1. The summed E-state index contributed by atoms with van der Waals surface area (Å²) in [5, 5.41) is 14.5. The summed E-state index contributed by atoms with van der Waals surface area (Å²) in [6.07, 6.45) is 0.754. The van der Waals surface area contributed by atoms with Gasteiger partial charge < -0.3 is 10.4 Å². The minimum atomic E-state index is -1.13. The van der Waals surface area contributed by atoms with Crippen LogP contribution in [0.1, 0.15) is 21.3 Å². The molecule has 0 bridgehead atoms. The van der Waals surface area contributed by atoms with Gasteiger partial charge in [-0.2, -0.15) is 0 Å². The van der Waals surface area contributed by atoms with Gasteiger partial charge in [-0.05, 0) is 23.8 Å². The van der Waals surface area contributed by atoms with Crippen molar-refractivity contribution in [3.05, 3.63) is 57.9 Å². The van der Waals surface area contributed by atoms with E-state index in [0.29, 0.717) is 4.88 Å². The molecule has 0 spiro atoms. The number of hydrogen-bond acceptors (Lipinski definition) is 5. The number of imidazole rings is 1. The van der Waals surface area contributed by atoms with Gasteiger partial charge in [0, 0.05) is 18.1 Å². The summed E-state index contributed by atoms with van der Waals surface area (Å²) in [5.74, 6) is -2.38. The molecular formula is C16H11F2N3O2S2. The summed E-state index contributed by atoms with van der Waals surface area (Å²) in [6.45, 7) is -0.111. The molecule has 1 amide bonds.